The zero-order chi connectivity index (χ0) is 14.0. The van der Waals surface area contributed by atoms with Crippen LogP contribution in [0.25, 0.3) is 11.1 Å². The van der Waals surface area contributed by atoms with Crippen molar-refractivity contribution in [2.24, 2.45) is 7.05 Å². The Hall–Kier alpha value is -1.61. The summed E-state index contributed by atoms with van der Waals surface area (Å²) in [5.74, 6) is 0. The molecule has 1 aromatic heterocycles. The highest BCUT2D eigenvalue weighted by Crippen LogP contribution is 2.27. The summed E-state index contributed by atoms with van der Waals surface area (Å²) in [6.45, 7) is 9.43. The molecule has 2 aromatic rings. The first-order chi connectivity index (χ1) is 8.99. The minimum atomic E-state index is 0.505. The minimum Gasteiger partial charge on any atom is -0.310 e. The number of aryl methyl sites for hydroxylation is 2. The fourth-order valence-corrected chi connectivity index (χ4v) is 2.35. The first kappa shape index (κ1) is 13.8. The molecule has 1 N–H and O–H groups in total. The SMILES string of the molecule is Cc1nn(C)c(C)c1-c1cccc(CNC(C)C)c1. The van der Waals surface area contributed by atoms with E-state index in [1.54, 1.807) is 0 Å². The number of rotatable bonds is 4. The highest BCUT2D eigenvalue weighted by molar-refractivity contribution is 5.69. The molecule has 0 bridgehead atoms. The number of hydrogen-bond acceptors (Lipinski definition) is 2. The van der Waals surface area contributed by atoms with Crippen molar-refractivity contribution in [3.63, 3.8) is 0 Å². The molecule has 102 valence electrons. The first-order valence-electron chi connectivity index (χ1n) is 6.82. The van der Waals surface area contributed by atoms with E-state index in [4.69, 9.17) is 0 Å². The molecule has 1 aromatic carbocycles. The van der Waals surface area contributed by atoms with Crippen molar-refractivity contribution in [2.45, 2.75) is 40.3 Å². The summed E-state index contributed by atoms with van der Waals surface area (Å²) in [7, 11) is 2.00. The summed E-state index contributed by atoms with van der Waals surface area (Å²) in [5.41, 5.74) is 6.13. The van der Waals surface area contributed by atoms with Gasteiger partial charge < -0.3 is 5.32 Å². The van der Waals surface area contributed by atoms with Crippen LogP contribution >= 0.6 is 0 Å². The van der Waals surface area contributed by atoms with Crippen molar-refractivity contribution in [2.75, 3.05) is 0 Å². The topological polar surface area (TPSA) is 29.9 Å². The molecule has 0 aliphatic carbocycles. The van der Waals surface area contributed by atoms with Gasteiger partial charge in [0.25, 0.3) is 0 Å². The fourth-order valence-electron chi connectivity index (χ4n) is 2.35. The molecule has 0 saturated heterocycles. The smallest absolute Gasteiger partial charge is 0.0674 e. The van der Waals surface area contributed by atoms with Crippen molar-refractivity contribution >= 4 is 0 Å². The van der Waals surface area contributed by atoms with Gasteiger partial charge in [0.15, 0.2) is 0 Å². The van der Waals surface area contributed by atoms with Crippen LogP contribution in [0.15, 0.2) is 24.3 Å². The third-order valence-corrected chi connectivity index (χ3v) is 3.44. The Morgan fingerprint density at radius 2 is 2.00 bits per heavy atom. The number of hydrogen-bond donors (Lipinski definition) is 1. The molecule has 3 nitrogen and oxygen atoms in total. The molecule has 19 heavy (non-hydrogen) atoms. The third-order valence-electron chi connectivity index (χ3n) is 3.44. The Kier molecular flexibility index (Phi) is 4.05. The maximum absolute atomic E-state index is 4.49. The van der Waals surface area contributed by atoms with E-state index in [-0.39, 0.29) is 0 Å². The van der Waals surface area contributed by atoms with Crippen molar-refractivity contribution in [3.05, 3.63) is 41.2 Å². The molecular formula is C16H23N3. The molecule has 0 aliphatic heterocycles. The summed E-state index contributed by atoms with van der Waals surface area (Å²) < 4.78 is 1.95. The van der Waals surface area contributed by atoms with Crippen molar-refractivity contribution in [1.29, 1.82) is 0 Å². The predicted octanol–water partition coefficient (Wildman–Crippen LogP) is 3.20. The average Bonchev–Trinajstić information content (AvgIpc) is 2.61. The highest BCUT2D eigenvalue weighted by Gasteiger charge is 2.11. The van der Waals surface area contributed by atoms with Gasteiger partial charge in [0.1, 0.15) is 0 Å². The Balaban J connectivity index is 2.32. The number of nitrogens with one attached hydrogen (secondary N) is 1. The second-order valence-electron chi connectivity index (χ2n) is 5.41. The van der Waals surface area contributed by atoms with E-state index in [0.717, 1.165) is 12.2 Å². The van der Waals surface area contributed by atoms with Crippen molar-refractivity contribution < 1.29 is 0 Å². The van der Waals surface area contributed by atoms with Gasteiger partial charge in [-0.3, -0.25) is 4.68 Å². The zero-order valence-electron chi connectivity index (χ0n) is 12.5. The normalized spacial score (nSPS) is 11.3. The van der Waals surface area contributed by atoms with Crippen LogP contribution in [0.2, 0.25) is 0 Å². The summed E-state index contributed by atoms with van der Waals surface area (Å²) in [6, 6.07) is 9.21. The molecule has 2 rings (SSSR count). The van der Waals surface area contributed by atoms with E-state index in [1.807, 2.05) is 11.7 Å². The third kappa shape index (κ3) is 3.04. The van der Waals surface area contributed by atoms with Gasteiger partial charge in [-0.2, -0.15) is 5.10 Å². The van der Waals surface area contributed by atoms with Gasteiger partial charge in [-0.05, 0) is 31.0 Å². The largest absolute Gasteiger partial charge is 0.310 e. The van der Waals surface area contributed by atoms with E-state index >= 15 is 0 Å². The van der Waals surface area contributed by atoms with Crippen LogP contribution in [0.1, 0.15) is 30.8 Å². The van der Waals surface area contributed by atoms with E-state index in [9.17, 15) is 0 Å². The number of aromatic nitrogens is 2. The van der Waals surface area contributed by atoms with E-state index in [1.165, 1.54) is 22.4 Å². The van der Waals surface area contributed by atoms with E-state index in [0.29, 0.717) is 6.04 Å². The number of nitrogens with zero attached hydrogens (tertiary/aromatic N) is 2. The van der Waals surface area contributed by atoms with Crippen LogP contribution in [0.4, 0.5) is 0 Å². The monoisotopic (exact) mass is 257 g/mol. The molecule has 0 saturated carbocycles. The molecule has 0 unspecified atom stereocenters. The quantitative estimate of drug-likeness (QED) is 0.911. The van der Waals surface area contributed by atoms with Gasteiger partial charge in [0.05, 0.1) is 5.69 Å². The van der Waals surface area contributed by atoms with Crippen LogP contribution in [0, 0.1) is 13.8 Å². The van der Waals surface area contributed by atoms with Crippen LogP contribution in [-0.2, 0) is 13.6 Å². The Morgan fingerprint density at radius 3 is 2.58 bits per heavy atom. The van der Waals surface area contributed by atoms with Gasteiger partial charge in [-0.15, -0.1) is 0 Å². The van der Waals surface area contributed by atoms with Gasteiger partial charge in [0.2, 0.25) is 0 Å². The summed E-state index contributed by atoms with van der Waals surface area (Å²) in [5, 5.41) is 7.95. The van der Waals surface area contributed by atoms with Crippen LogP contribution in [0.5, 0.6) is 0 Å². The van der Waals surface area contributed by atoms with E-state index < -0.39 is 0 Å². The molecule has 0 aliphatic rings. The lowest BCUT2D eigenvalue weighted by Crippen LogP contribution is -2.21. The van der Waals surface area contributed by atoms with Crippen LogP contribution in [0.3, 0.4) is 0 Å². The maximum atomic E-state index is 4.49. The van der Waals surface area contributed by atoms with Crippen molar-refractivity contribution in [1.82, 2.24) is 15.1 Å². The summed E-state index contributed by atoms with van der Waals surface area (Å²) in [4.78, 5) is 0. The molecule has 0 spiro atoms. The van der Waals surface area contributed by atoms with Crippen molar-refractivity contribution in [3.8, 4) is 11.1 Å². The molecular weight excluding hydrogens is 234 g/mol. The second-order valence-corrected chi connectivity index (χ2v) is 5.41. The molecule has 0 fully saturated rings. The Labute approximate surface area is 115 Å². The molecule has 0 atom stereocenters. The van der Waals surface area contributed by atoms with E-state index in [2.05, 4.69) is 62.4 Å². The van der Waals surface area contributed by atoms with Gasteiger partial charge in [-0.1, -0.05) is 32.0 Å². The lowest BCUT2D eigenvalue weighted by Gasteiger charge is -2.10. The average molecular weight is 257 g/mol. The highest BCUT2D eigenvalue weighted by atomic mass is 15.3. The van der Waals surface area contributed by atoms with Crippen LogP contribution < -0.4 is 5.32 Å². The molecule has 3 heteroatoms. The Morgan fingerprint density at radius 1 is 1.26 bits per heavy atom. The Bertz CT molecular complexity index is 567. The van der Waals surface area contributed by atoms with Crippen LogP contribution in [-0.4, -0.2) is 15.8 Å². The fraction of sp³-hybridized carbons (Fsp3) is 0.438. The van der Waals surface area contributed by atoms with Gasteiger partial charge in [0, 0.05) is 30.9 Å². The molecule has 0 radical (unpaired) electrons. The zero-order valence-corrected chi connectivity index (χ0v) is 12.5. The number of benzene rings is 1. The van der Waals surface area contributed by atoms with Gasteiger partial charge in [-0.25, -0.2) is 0 Å². The predicted molar refractivity (Wildman–Crippen MR) is 80.1 cm³/mol. The lowest BCUT2D eigenvalue weighted by molar-refractivity contribution is 0.589. The molecule has 0 amide bonds. The summed E-state index contributed by atoms with van der Waals surface area (Å²) >= 11 is 0. The molecule has 1 heterocycles. The standard InChI is InChI=1S/C16H23N3/c1-11(2)17-10-14-7-6-8-15(9-14)16-12(3)18-19(5)13(16)4/h6-9,11,17H,10H2,1-5H3. The van der Waals surface area contributed by atoms with Gasteiger partial charge >= 0.3 is 0 Å². The lowest BCUT2D eigenvalue weighted by atomic mass is 10.0. The minimum absolute atomic E-state index is 0.505. The maximum Gasteiger partial charge on any atom is 0.0674 e. The summed E-state index contributed by atoms with van der Waals surface area (Å²) in [6.07, 6.45) is 0. The first-order valence-corrected chi connectivity index (χ1v) is 6.82. The second kappa shape index (κ2) is 5.57.